The number of benzene rings is 2. The summed E-state index contributed by atoms with van der Waals surface area (Å²) in [6, 6.07) is 10.6. The SMILES string of the molecule is CCOc1cc(CNC2CC2)c(Cl)cc1OCc1ccc(F)cc1. The molecule has 24 heavy (non-hydrogen) atoms. The molecular formula is C19H21ClFNO2. The molecule has 0 heterocycles. The van der Waals surface area contributed by atoms with Crippen molar-refractivity contribution in [2.75, 3.05) is 6.61 Å². The minimum atomic E-state index is -0.260. The molecule has 1 aliphatic carbocycles. The average Bonchev–Trinajstić information content (AvgIpc) is 3.39. The molecular weight excluding hydrogens is 329 g/mol. The summed E-state index contributed by atoms with van der Waals surface area (Å²) in [5, 5.41) is 4.10. The minimum Gasteiger partial charge on any atom is -0.490 e. The standard InChI is InChI=1S/C19H21ClFNO2/c1-2-23-18-9-14(11-22-16-7-8-16)17(20)10-19(18)24-12-13-3-5-15(21)6-4-13/h3-6,9-10,16,22H,2,7-8,11-12H2,1H3. The summed E-state index contributed by atoms with van der Waals surface area (Å²) in [4.78, 5) is 0. The highest BCUT2D eigenvalue weighted by Crippen LogP contribution is 2.34. The van der Waals surface area contributed by atoms with Crippen LogP contribution >= 0.6 is 11.6 Å². The summed E-state index contributed by atoms with van der Waals surface area (Å²) in [6.45, 7) is 3.53. The molecule has 0 unspecified atom stereocenters. The Balaban J connectivity index is 1.72. The summed E-state index contributed by atoms with van der Waals surface area (Å²) in [5.41, 5.74) is 1.88. The van der Waals surface area contributed by atoms with Crippen molar-refractivity contribution >= 4 is 11.6 Å². The Bertz CT molecular complexity index is 687. The molecule has 3 nitrogen and oxygen atoms in total. The maximum Gasteiger partial charge on any atom is 0.163 e. The molecule has 0 saturated heterocycles. The predicted octanol–water partition coefficient (Wildman–Crippen LogP) is 4.71. The van der Waals surface area contributed by atoms with E-state index in [2.05, 4.69) is 5.32 Å². The van der Waals surface area contributed by atoms with Gasteiger partial charge in [0.1, 0.15) is 12.4 Å². The van der Waals surface area contributed by atoms with Crippen molar-refractivity contribution in [3.05, 3.63) is 58.4 Å². The van der Waals surface area contributed by atoms with Crippen LogP contribution in [0.3, 0.4) is 0 Å². The molecule has 1 N–H and O–H groups in total. The van der Waals surface area contributed by atoms with Crippen LogP contribution in [0.5, 0.6) is 11.5 Å². The Kier molecular flexibility index (Phi) is 5.59. The molecule has 0 bridgehead atoms. The molecule has 0 spiro atoms. The largest absolute Gasteiger partial charge is 0.490 e. The van der Waals surface area contributed by atoms with Gasteiger partial charge in [0.05, 0.1) is 6.61 Å². The van der Waals surface area contributed by atoms with Crippen molar-refractivity contribution < 1.29 is 13.9 Å². The highest BCUT2D eigenvalue weighted by atomic mass is 35.5. The first kappa shape index (κ1) is 17.1. The molecule has 1 saturated carbocycles. The van der Waals surface area contributed by atoms with Gasteiger partial charge in [0.25, 0.3) is 0 Å². The minimum absolute atomic E-state index is 0.260. The molecule has 0 amide bonds. The fraction of sp³-hybridized carbons (Fsp3) is 0.368. The lowest BCUT2D eigenvalue weighted by molar-refractivity contribution is 0.269. The van der Waals surface area contributed by atoms with E-state index >= 15 is 0 Å². The van der Waals surface area contributed by atoms with Crippen LogP contribution in [0.2, 0.25) is 5.02 Å². The van der Waals surface area contributed by atoms with Gasteiger partial charge in [-0.2, -0.15) is 0 Å². The van der Waals surface area contributed by atoms with E-state index in [0.717, 1.165) is 17.7 Å². The molecule has 0 aromatic heterocycles. The Morgan fingerprint density at radius 1 is 1.12 bits per heavy atom. The second kappa shape index (κ2) is 7.86. The highest BCUT2D eigenvalue weighted by Gasteiger charge is 2.21. The van der Waals surface area contributed by atoms with Crippen molar-refractivity contribution in [3.63, 3.8) is 0 Å². The lowest BCUT2D eigenvalue weighted by Gasteiger charge is -2.15. The van der Waals surface area contributed by atoms with Crippen LogP contribution < -0.4 is 14.8 Å². The van der Waals surface area contributed by atoms with Crippen LogP contribution in [-0.4, -0.2) is 12.6 Å². The van der Waals surface area contributed by atoms with Gasteiger partial charge in [-0.25, -0.2) is 4.39 Å². The third-order valence-electron chi connectivity index (χ3n) is 3.88. The summed E-state index contributed by atoms with van der Waals surface area (Å²) in [6.07, 6.45) is 2.46. The average molecular weight is 350 g/mol. The zero-order chi connectivity index (χ0) is 16.9. The molecule has 0 atom stereocenters. The van der Waals surface area contributed by atoms with E-state index in [9.17, 15) is 4.39 Å². The second-order valence-corrected chi connectivity index (χ2v) is 6.30. The summed E-state index contributed by atoms with van der Waals surface area (Å²) >= 11 is 6.38. The van der Waals surface area contributed by atoms with Gasteiger partial charge in [0.15, 0.2) is 11.5 Å². The van der Waals surface area contributed by atoms with E-state index in [1.807, 2.05) is 13.0 Å². The maximum atomic E-state index is 13.0. The number of rotatable bonds is 8. The Morgan fingerprint density at radius 2 is 1.83 bits per heavy atom. The first-order valence-corrected chi connectivity index (χ1v) is 8.59. The first-order chi connectivity index (χ1) is 11.7. The lowest BCUT2D eigenvalue weighted by Crippen LogP contribution is -2.15. The number of halogens is 2. The van der Waals surface area contributed by atoms with Crippen molar-refractivity contribution in [1.82, 2.24) is 5.32 Å². The van der Waals surface area contributed by atoms with Crippen LogP contribution in [-0.2, 0) is 13.2 Å². The molecule has 128 valence electrons. The number of nitrogens with one attached hydrogen (secondary N) is 1. The summed E-state index contributed by atoms with van der Waals surface area (Å²) in [7, 11) is 0. The number of hydrogen-bond donors (Lipinski definition) is 1. The van der Waals surface area contributed by atoms with E-state index in [0.29, 0.717) is 35.8 Å². The molecule has 0 radical (unpaired) electrons. The number of ether oxygens (including phenoxy) is 2. The quantitative estimate of drug-likeness (QED) is 0.748. The second-order valence-electron chi connectivity index (χ2n) is 5.89. The van der Waals surface area contributed by atoms with Crippen LogP contribution in [0.15, 0.2) is 36.4 Å². The van der Waals surface area contributed by atoms with Crippen LogP contribution in [0.4, 0.5) is 4.39 Å². The smallest absolute Gasteiger partial charge is 0.163 e. The zero-order valence-corrected chi connectivity index (χ0v) is 14.4. The fourth-order valence-corrected chi connectivity index (χ4v) is 2.60. The number of hydrogen-bond acceptors (Lipinski definition) is 3. The van der Waals surface area contributed by atoms with Gasteiger partial charge in [-0.15, -0.1) is 0 Å². The van der Waals surface area contributed by atoms with E-state index in [1.165, 1.54) is 25.0 Å². The molecule has 1 fully saturated rings. The third kappa shape index (κ3) is 4.62. The van der Waals surface area contributed by atoms with E-state index in [1.54, 1.807) is 18.2 Å². The Labute approximate surface area is 146 Å². The van der Waals surface area contributed by atoms with Gasteiger partial charge < -0.3 is 14.8 Å². The Hall–Kier alpha value is -1.78. The molecule has 2 aromatic rings. The van der Waals surface area contributed by atoms with Crippen LogP contribution in [0.25, 0.3) is 0 Å². The van der Waals surface area contributed by atoms with Crippen molar-refractivity contribution in [1.29, 1.82) is 0 Å². The predicted molar refractivity (Wildman–Crippen MR) is 93.2 cm³/mol. The normalized spacial score (nSPS) is 13.8. The van der Waals surface area contributed by atoms with Gasteiger partial charge in [-0.3, -0.25) is 0 Å². The third-order valence-corrected chi connectivity index (χ3v) is 4.23. The maximum absolute atomic E-state index is 13.0. The van der Waals surface area contributed by atoms with Gasteiger partial charge in [0.2, 0.25) is 0 Å². The monoisotopic (exact) mass is 349 g/mol. The summed E-state index contributed by atoms with van der Waals surface area (Å²) in [5.74, 6) is 1.02. The van der Waals surface area contributed by atoms with Crippen molar-refractivity contribution in [2.45, 2.75) is 39.0 Å². The molecule has 3 rings (SSSR count). The van der Waals surface area contributed by atoms with Crippen LogP contribution in [0, 0.1) is 5.82 Å². The van der Waals surface area contributed by atoms with Crippen molar-refractivity contribution in [3.8, 4) is 11.5 Å². The molecule has 5 heteroatoms. The molecule has 0 aliphatic heterocycles. The molecule has 1 aliphatic rings. The van der Waals surface area contributed by atoms with Gasteiger partial charge >= 0.3 is 0 Å². The summed E-state index contributed by atoms with van der Waals surface area (Å²) < 4.78 is 24.5. The van der Waals surface area contributed by atoms with Gasteiger partial charge in [-0.1, -0.05) is 23.7 Å². The van der Waals surface area contributed by atoms with E-state index in [4.69, 9.17) is 21.1 Å². The Morgan fingerprint density at radius 3 is 2.50 bits per heavy atom. The first-order valence-electron chi connectivity index (χ1n) is 8.21. The van der Waals surface area contributed by atoms with Crippen LogP contribution in [0.1, 0.15) is 30.9 Å². The van der Waals surface area contributed by atoms with Gasteiger partial charge in [0, 0.05) is 23.7 Å². The lowest BCUT2D eigenvalue weighted by atomic mass is 10.2. The fourth-order valence-electron chi connectivity index (χ4n) is 2.38. The molecule has 2 aromatic carbocycles. The van der Waals surface area contributed by atoms with Gasteiger partial charge in [-0.05, 0) is 49.1 Å². The van der Waals surface area contributed by atoms with E-state index in [-0.39, 0.29) is 5.82 Å². The zero-order valence-electron chi connectivity index (χ0n) is 13.6. The van der Waals surface area contributed by atoms with E-state index < -0.39 is 0 Å². The topological polar surface area (TPSA) is 30.5 Å². The van der Waals surface area contributed by atoms with Crippen molar-refractivity contribution in [2.24, 2.45) is 0 Å². The highest BCUT2D eigenvalue weighted by molar-refractivity contribution is 6.31.